The molecule has 32 heavy (non-hydrogen) atoms. The van der Waals surface area contributed by atoms with E-state index in [2.05, 4.69) is 109 Å². The molecule has 2 aliphatic rings. The van der Waals surface area contributed by atoms with Gasteiger partial charge in [-0.1, -0.05) is 36.4 Å². The first-order valence-electron chi connectivity index (χ1n) is 11.6. The van der Waals surface area contributed by atoms with Gasteiger partial charge in [0.25, 0.3) is 0 Å². The minimum Gasteiger partial charge on any atom is -0.341 e. The average Bonchev–Trinajstić information content (AvgIpc) is 3.46. The van der Waals surface area contributed by atoms with E-state index in [0.717, 1.165) is 19.5 Å². The van der Waals surface area contributed by atoms with Crippen molar-refractivity contribution in [1.29, 1.82) is 0 Å². The Bertz CT molecular complexity index is 1450. The van der Waals surface area contributed by atoms with Crippen molar-refractivity contribution in [3.8, 4) is 0 Å². The van der Waals surface area contributed by atoms with Gasteiger partial charge in [-0.15, -0.1) is 0 Å². The molecule has 4 nitrogen and oxygen atoms in total. The molecule has 2 aliphatic heterocycles. The maximum atomic E-state index is 5.15. The smallest absolute Gasteiger partial charge is 0.215 e. The van der Waals surface area contributed by atoms with E-state index in [4.69, 9.17) is 5.10 Å². The summed E-state index contributed by atoms with van der Waals surface area (Å²) < 4.78 is 4.74. The number of aromatic nitrogens is 1. The number of hydrazone groups is 1. The number of fused-ring (bicyclic) bond motifs is 4. The van der Waals surface area contributed by atoms with Crippen LogP contribution in [-0.4, -0.2) is 34.2 Å². The SMILES string of the molecule is CCn1c2ccccc2c2cc(N3CCC(C4=[N+](C)c5ccccc5C4(C)C)=N3)ccc21. The van der Waals surface area contributed by atoms with Crippen molar-refractivity contribution in [2.45, 2.75) is 39.2 Å². The van der Waals surface area contributed by atoms with Crippen LogP contribution in [0.15, 0.2) is 71.8 Å². The van der Waals surface area contributed by atoms with Crippen LogP contribution < -0.4 is 5.01 Å². The fourth-order valence-corrected chi connectivity index (χ4v) is 5.87. The summed E-state index contributed by atoms with van der Waals surface area (Å²) in [5, 5.41) is 9.96. The molecule has 0 saturated heterocycles. The van der Waals surface area contributed by atoms with Gasteiger partial charge in [0, 0.05) is 52.9 Å². The van der Waals surface area contributed by atoms with Gasteiger partial charge in [-0.3, -0.25) is 5.01 Å². The summed E-state index contributed by atoms with van der Waals surface area (Å²) >= 11 is 0. The van der Waals surface area contributed by atoms with E-state index >= 15 is 0 Å². The number of nitrogens with zero attached hydrogens (tertiary/aromatic N) is 4. The third-order valence-corrected chi connectivity index (χ3v) is 7.31. The van der Waals surface area contributed by atoms with Crippen LogP contribution in [0.5, 0.6) is 0 Å². The second-order valence-electron chi connectivity index (χ2n) is 9.43. The second-order valence-corrected chi connectivity index (χ2v) is 9.43. The van der Waals surface area contributed by atoms with E-state index in [1.807, 2.05) is 0 Å². The standard InChI is InChI=1S/C28H29N4/c1-5-31-24-12-8-6-10-20(24)21-18-19(14-15-25(21)31)32-17-16-23(29-32)27-28(2,3)22-11-7-9-13-26(22)30(27)4/h6-15,18H,5,16-17H2,1-4H3/q+1. The molecular formula is C28H29N4+. The lowest BCUT2D eigenvalue weighted by atomic mass is 9.79. The molecule has 4 aromatic rings. The topological polar surface area (TPSA) is 23.5 Å². The van der Waals surface area contributed by atoms with E-state index < -0.39 is 0 Å². The van der Waals surface area contributed by atoms with Gasteiger partial charge in [-0.2, -0.15) is 9.68 Å². The van der Waals surface area contributed by atoms with Crippen LogP contribution in [0.1, 0.15) is 32.8 Å². The molecule has 160 valence electrons. The lowest BCUT2D eigenvalue weighted by Gasteiger charge is -2.17. The van der Waals surface area contributed by atoms with Gasteiger partial charge in [0.1, 0.15) is 12.8 Å². The van der Waals surface area contributed by atoms with Gasteiger partial charge in [0.2, 0.25) is 11.4 Å². The molecule has 0 spiro atoms. The predicted octanol–water partition coefficient (Wildman–Crippen LogP) is 6.09. The molecule has 0 amide bonds. The van der Waals surface area contributed by atoms with Crippen molar-refractivity contribution in [3.05, 3.63) is 72.3 Å². The van der Waals surface area contributed by atoms with Crippen molar-refractivity contribution in [1.82, 2.24) is 4.57 Å². The molecule has 0 aliphatic carbocycles. The van der Waals surface area contributed by atoms with Crippen molar-refractivity contribution < 1.29 is 4.58 Å². The Hall–Kier alpha value is -3.40. The first kappa shape index (κ1) is 19.3. The zero-order chi connectivity index (χ0) is 22.0. The van der Waals surface area contributed by atoms with Gasteiger partial charge in [0.05, 0.1) is 11.1 Å². The Morgan fingerprint density at radius 2 is 1.69 bits per heavy atom. The summed E-state index contributed by atoms with van der Waals surface area (Å²) in [6.07, 6.45) is 0.964. The number of aryl methyl sites for hydroxylation is 1. The second kappa shape index (κ2) is 6.80. The maximum absolute atomic E-state index is 5.15. The van der Waals surface area contributed by atoms with Crippen LogP contribution in [0.4, 0.5) is 11.4 Å². The number of hydrogen-bond donors (Lipinski definition) is 0. The van der Waals surface area contributed by atoms with Gasteiger partial charge in [0.15, 0.2) is 0 Å². The average molecular weight is 422 g/mol. The highest BCUT2D eigenvalue weighted by Crippen LogP contribution is 2.40. The van der Waals surface area contributed by atoms with Gasteiger partial charge >= 0.3 is 0 Å². The van der Waals surface area contributed by atoms with Crippen molar-refractivity contribution in [3.63, 3.8) is 0 Å². The lowest BCUT2D eigenvalue weighted by molar-refractivity contribution is -0.400. The molecule has 0 N–H and O–H groups in total. The highest BCUT2D eigenvalue weighted by Gasteiger charge is 2.47. The van der Waals surface area contributed by atoms with E-state index in [1.54, 1.807) is 0 Å². The maximum Gasteiger partial charge on any atom is 0.215 e. The zero-order valence-corrected chi connectivity index (χ0v) is 19.3. The first-order valence-corrected chi connectivity index (χ1v) is 11.6. The normalized spacial score (nSPS) is 17.5. The molecule has 4 heteroatoms. The molecule has 0 bridgehead atoms. The van der Waals surface area contributed by atoms with Crippen molar-refractivity contribution in [2.75, 3.05) is 18.6 Å². The van der Waals surface area contributed by atoms with E-state index in [-0.39, 0.29) is 5.41 Å². The predicted molar refractivity (Wildman–Crippen MR) is 135 cm³/mol. The number of anilines is 1. The summed E-state index contributed by atoms with van der Waals surface area (Å²) in [7, 11) is 2.18. The Morgan fingerprint density at radius 3 is 2.50 bits per heavy atom. The summed E-state index contributed by atoms with van der Waals surface area (Å²) in [5.74, 6) is 0. The van der Waals surface area contributed by atoms with Crippen LogP contribution in [0.2, 0.25) is 0 Å². The quantitative estimate of drug-likeness (QED) is 0.367. The minimum absolute atomic E-state index is 0.0430. The summed E-state index contributed by atoms with van der Waals surface area (Å²) in [6, 6.07) is 24.2. The lowest BCUT2D eigenvalue weighted by Crippen LogP contribution is -2.35. The highest BCUT2D eigenvalue weighted by atomic mass is 15.5. The molecule has 0 unspecified atom stereocenters. The van der Waals surface area contributed by atoms with Crippen LogP contribution >= 0.6 is 0 Å². The molecule has 1 aromatic heterocycles. The van der Waals surface area contributed by atoms with Crippen LogP contribution in [-0.2, 0) is 12.0 Å². The Balaban J connectivity index is 1.43. The first-order chi connectivity index (χ1) is 15.5. The van der Waals surface area contributed by atoms with E-state index in [0.29, 0.717) is 0 Å². The van der Waals surface area contributed by atoms with Crippen LogP contribution in [0.25, 0.3) is 21.8 Å². The largest absolute Gasteiger partial charge is 0.341 e. The molecule has 3 heterocycles. The Labute approximate surface area is 189 Å². The van der Waals surface area contributed by atoms with E-state index in [1.165, 1.54) is 50.2 Å². The summed E-state index contributed by atoms with van der Waals surface area (Å²) in [4.78, 5) is 0. The molecular weight excluding hydrogens is 392 g/mol. The monoisotopic (exact) mass is 421 g/mol. The number of para-hydroxylation sites is 2. The number of hydrogen-bond acceptors (Lipinski definition) is 2. The van der Waals surface area contributed by atoms with Crippen molar-refractivity contribution in [2.24, 2.45) is 5.10 Å². The van der Waals surface area contributed by atoms with Gasteiger partial charge in [-0.05, 0) is 45.0 Å². The number of rotatable bonds is 3. The Morgan fingerprint density at radius 1 is 0.938 bits per heavy atom. The third-order valence-electron chi connectivity index (χ3n) is 7.31. The summed E-state index contributed by atoms with van der Waals surface area (Å²) in [5.41, 5.74) is 8.92. The fraction of sp³-hybridized carbons (Fsp3) is 0.286. The van der Waals surface area contributed by atoms with Crippen LogP contribution in [0.3, 0.4) is 0 Å². The third kappa shape index (κ3) is 2.56. The molecule has 0 saturated carbocycles. The molecule has 0 radical (unpaired) electrons. The molecule has 0 atom stereocenters. The van der Waals surface area contributed by atoms with E-state index in [9.17, 15) is 0 Å². The fourth-order valence-electron chi connectivity index (χ4n) is 5.87. The Kier molecular flexibility index (Phi) is 4.10. The zero-order valence-electron chi connectivity index (χ0n) is 19.3. The molecule has 3 aromatic carbocycles. The van der Waals surface area contributed by atoms with Crippen LogP contribution in [0, 0.1) is 0 Å². The highest BCUT2D eigenvalue weighted by molar-refractivity contribution is 6.45. The number of benzene rings is 3. The molecule has 6 rings (SSSR count). The molecule has 0 fully saturated rings. The minimum atomic E-state index is -0.0430. The van der Waals surface area contributed by atoms with Crippen molar-refractivity contribution >= 4 is 44.6 Å². The van der Waals surface area contributed by atoms with Gasteiger partial charge < -0.3 is 4.57 Å². The summed E-state index contributed by atoms with van der Waals surface area (Å²) in [6.45, 7) is 8.74. The van der Waals surface area contributed by atoms with Gasteiger partial charge in [-0.25, -0.2) is 0 Å².